The van der Waals surface area contributed by atoms with E-state index in [-0.39, 0.29) is 34.3 Å². The monoisotopic (exact) mass is 399 g/mol. The molecular formula is C20H21N3O4S. The van der Waals surface area contributed by atoms with Crippen molar-refractivity contribution in [3.05, 3.63) is 59.7 Å². The summed E-state index contributed by atoms with van der Waals surface area (Å²) < 4.78 is 27.1. The van der Waals surface area contributed by atoms with E-state index in [0.717, 1.165) is 0 Å². The van der Waals surface area contributed by atoms with Crippen molar-refractivity contribution in [2.24, 2.45) is 0 Å². The van der Waals surface area contributed by atoms with Crippen LogP contribution in [0, 0.1) is 12.3 Å². The number of rotatable bonds is 7. The van der Waals surface area contributed by atoms with Crippen LogP contribution in [0.15, 0.2) is 53.4 Å². The van der Waals surface area contributed by atoms with Crippen molar-refractivity contribution < 1.29 is 18.0 Å². The van der Waals surface area contributed by atoms with Crippen LogP contribution in [0.3, 0.4) is 0 Å². The lowest BCUT2D eigenvalue weighted by Gasteiger charge is -2.12. The minimum atomic E-state index is -3.73. The quantitative estimate of drug-likeness (QED) is 0.619. The Bertz CT molecular complexity index is 1020. The van der Waals surface area contributed by atoms with Gasteiger partial charge >= 0.3 is 0 Å². The van der Waals surface area contributed by atoms with Crippen molar-refractivity contribution in [2.45, 2.75) is 24.8 Å². The zero-order chi connectivity index (χ0) is 20.7. The summed E-state index contributed by atoms with van der Waals surface area (Å²) in [6, 6.07) is 11.8. The minimum Gasteiger partial charge on any atom is -0.341 e. The molecule has 146 valence electrons. The van der Waals surface area contributed by atoms with Gasteiger partial charge in [0.15, 0.2) is 0 Å². The summed E-state index contributed by atoms with van der Waals surface area (Å²) in [5.74, 6) is 1.34. The standard InChI is InChI=1S/C20H21N3O4S/c1-4-12-21-20(25)17-10-5-6-11-18(17)22-19(24)15-8-7-9-16(13-15)28(26,27)23-14(2)3/h1,5-11,13-14,23H,12H2,2-3H3,(H,21,25)(H,22,24). The van der Waals surface area contributed by atoms with Gasteiger partial charge in [0.2, 0.25) is 10.0 Å². The maximum atomic E-state index is 12.6. The first-order valence-electron chi connectivity index (χ1n) is 8.49. The van der Waals surface area contributed by atoms with Gasteiger partial charge in [-0.25, -0.2) is 13.1 Å². The van der Waals surface area contributed by atoms with Crippen LogP contribution in [0.1, 0.15) is 34.6 Å². The molecule has 0 aliphatic heterocycles. The molecule has 0 saturated heterocycles. The smallest absolute Gasteiger partial charge is 0.255 e. The lowest BCUT2D eigenvalue weighted by Crippen LogP contribution is -2.30. The zero-order valence-corrected chi connectivity index (χ0v) is 16.3. The molecule has 0 atom stereocenters. The predicted octanol–water partition coefficient (Wildman–Crippen LogP) is 1.99. The number of nitrogens with one attached hydrogen (secondary N) is 3. The third-order valence-electron chi connectivity index (χ3n) is 3.57. The molecule has 2 amide bonds. The first-order valence-corrected chi connectivity index (χ1v) is 9.97. The summed E-state index contributed by atoms with van der Waals surface area (Å²) in [7, 11) is -3.73. The molecule has 2 rings (SSSR count). The number of terminal acetylenes is 1. The third kappa shape index (κ3) is 5.42. The van der Waals surface area contributed by atoms with E-state index in [9.17, 15) is 18.0 Å². The van der Waals surface area contributed by atoms with Crippen LogP contribution < -0.4 is 15.4 Å². The van der Waals surface area contributed by atoms with E-state index in [1.165, 1.54) is 24.3 Å². The Hall–Kier alpha value is -3.15. The second kappa shape index (κ2) is 9.17. The molecule has 3 N–H and O–H groups in total. The first kappa shape index (κ1) is 21.2. The molecule has 0 bridgehead atoms. The number of hydrogen-bond acceptors (Lipinski definition) is 4. The predicted molar refractivity (Wildman–Crippen MR) is 107 cm³/mol. The van der Waals surface area contributed by atoms with Gasteiger partial charge in [0.1, 0.15) is 0 Å². The Kier molecular flexibility index (Phi) is 6.93. The number of carbonyl (C=O) groups is 2. The van der Waals surface area contributed by atoms with Crippen molar-refractivity contribution in [3.63, 3.8) is 0 Å². The molecule has 0 aliphatic carbocycles. The Morgan fingerprint density at radius 1 is 1.07 bits per heavy atom. The van der Waals surface area contributed by atoms with Crippen LogP contribution in [0.5, 0.6) is 0 Å². The molecule has 0 aliphatic rings. The second-order valence-corrected chi connectivity index (χ2v) is 7.90. The van der Waals surface area contributed by atoms with Gasteiger partial charge in [-0.05, 0) is 44.2 Å². The Morgan fingerprint density at radius 3 is 2.46 bits per heavy atom. The number of carbonyl (C=O) groups excluding carboxylic acids is 2. The summed E-state index contributed by atoms with van der Waals surface area (Å²) in [5.41, 5.74) is 0.678. The maximum absolute atomic E-state index is 12.6. The molecule has 0 spiro atoms. The molecule has 8 heteroatoms. The van der Waals surface area contributed by atoms with Gasteiger partial charge in [0, 0.05) is 11.6 Å². The topological polar surface area (TPSA) is 104 Å². The summed E-state index contributed by atoms with van der Waals surface area (Å²) >= 11 is 0. The number of hydrogen-bond donors (Lipinski definition) is 3. The van der Waals surface area contributed by atoms with Gasteiger partial charge < -0.3 is 10.6 Å². The van der Waals surface area contributed by atoms with Gasteiger partial charge in [0.25, 0.3) is 11.8 Å². The van der Waals surface area contributed by atoms with Crippen LogP contribution in [0.4, 0.5) is 5.69 Å². The van der Waals surface area contributed by atoms with Gasteiger partial charge in [-0.15, -0.1) is 6.42 Å². The van der Waals surface area contributed by atoms with Crippen molar-refractivity contribution in [1.29, 1.82) is 0 Å². The van der Waals surface area contributed by atoms with E-state index >= 15 is 0 Å². The Balaban J connectivity index is 2.27. The molecule has 28 heavy (non-hydrogen) atoms. The molecule has 7 nitrogen and oxygen atoms in total. The molecule has 0 saturated carbocycles. The highest BCUT2D eigenvalue weighted by Crippen LogP contribution is 2.18. The van der Waals surface area contributed by atoms with Gasteiger partial charge in [0.05, 0.1) is 22.7 Å². The largest absolute Gasteiger partial charge is 0.341 e. The van der Waals surface area contributed by atoms with E-state index in [0.29, 0.717) is 0 Å². The fourth-order valence-corrected chi connectivity index (χ4v) is 3.69. The van der Waals surface area contributed by atoms with Crippen molar-refractivity contribution >= 4 is 27.5 Å². The van der Waals surface area contributed by atoms with Crippen molar-refractivity contribution in [1.82, 2.24) is 10.0 Å². The first-order chi connectivity index (χ1) is 13.2. The number of amides is 2. The normalized spacial score (nSPS) is 10.9. The van der Waals surface area contributed by atoms with E-state index in [1.54, 1.807) is 38.1 Å². The number of para-hydroxylation sites is 1. The average molecular weight is 399 g/mol. The van der Waals surface area contributed by atoms with E-state index in [1.807, 2.05) is 0 Å². The summed E-state index contributed by atoms with van der Waals surface area (Å²) in [6.45, 7) is 3.47. The van der Waals surface area contributed by atoms with E-state index in [4.69, 9.17) is 6.42 Å². The summed E-state index contributed by atoms with van der Waals surface area (Å²) in [5, 5.41) is 5.17. The van der Waals surface area contributed by atoms with Crippen LogP contribution in [0.2, 0.25) is 0 Å². The summed E-state index contributed by atoms with van der Waals surface area (Å²) in [6.07, 6.45) is 5.14. The third-order valence-corrected chi connectivity index (χ3v) is 5.22. The highest BCUT2D eigenvalue weighted by Gasteiger charge is 2.18. The number of anilines is 1. The van der Waals surface area contributed by atoms with Gasteiger partial charge in [-0.2, -0.15) is 0 Å². The van der Waals surface area contributed by atoms with E-state index < -0.39 is 21.8 Å². The maximum Gasteiger partial charge on any atom is 0.255 e. The number of benzene rings is 2. The molecule has 0 aromatic heterocycles. The minimum absolute atomic E-state index is 0.0195. The fourth-order valence-electron chi connectivity index (χ4n) is 2.39. The van der Waals surface area contributed by atoms with Gasteiger partial charge in [-0.1, -0.05) is 24.1 Å². The number of sulfonamides is 1. The van der Waals surface area contributed by atoms with Crippen LogP contribution in [-0.2, 0) is 10.0 Å². The van der Waals surface area contributed by atoms with Crippen molar-refractivity contribution in [2.75, 3.05) is 11.9 Å². The molecular weight excluding hydrogens is 378 g/mol. The molecule has 2 aromatic rings. The molecule has 0 fully saturated rings. The highest BCUT2D eigenvalue weighted by atomic mass is 32.2. The lowest BCUT2D eigenvalue weighted by molar-refractivity contribution is 0.0959. The lowest BCUT2D eigenvalue weighted by atomic mass is 10.1. The van der Waals surface area contributed by atoms with Crippen LogP contribution in [-0.4, -0.2) is 32.8 Å². The van der Waals surface area contributed by atoms with E-state index in [2.05, 4.69) is 21.3 Å². The molecule has 0 unspecified atom stereocenters. The average Bonchev–Trinajstić information content (AvgIpc) is 2.65. The van der Waals surface area contributed by atoms with Crippen LogP contribution in [0.25, 0.3) is 0 Å². The SMILES string of the molecule is C#CCNC(=O)c1ccccc1NC(=O)c1cccc(S(=O)(=O)NC(C)C)c1. The molecule has 0 radical (unpaired) electrons. The van der Waals surface area contributed by atoms with Crippen LogP contribution >= 0.6 is 0 Å². The zero-order valence-electron chi connectivity index (χ0n) is 15.5. The fraction of sp³-hybridized carbons (Fsp3) is 0.200. The highest BCUT2D eigenvalue weighted by molar-refractivity contribution is 7.89. The van der Waals surface area contributed by atoms with Gasteiger partial charge in [-0.3, -0.25) is 9.59 Å². The Morgan fingerprint density at radius 2 is 1.79 bits per heavy atom. The Labute approximate surface area is 164 Å². The summed E-state index contributed by atoms with van der Waals surface area (Å²) in [4.78, 5) is 24.8. The second-order valence-electron chi connectivity index (χ2n) is 6.19. The van der Waals surface area contributed by atoms with Crippen molar-refractivity contribution in [3.8, 4) is 12.3 Å². The molecule has 2 aromatic carbocycles. The molecule has 0 heterocycles.